The van der Waals surface area contributed by atoms with Crippen molar-refractivity contribution in [3.8, 4) is 0 Å². The van der Waals surface area contributed by atoms with Crippen LogP contribution in [0.5, 0.6) is 0 Å². The van der Waals surface area contributed by atoms with Gasteiger partial charge in [-0.1, -0.05) is 53.0 Å². The van der Waals surface area contributed by atoms with E-state index in [1.807, 2.05) is 42.5 Å². The Morgan fingerprint density at radius 3 is 2.41 bits per heavy atom. The molecule has 0 radical (unpaired) electrons. The molecule has 0 amide bonds. The molecular formula is C24H25Cl3N4O. The maximum absolute atomic E-state index is 11.2. The highest BCUT2D eigenvalue weighted by Crippen LogP contribution is 2.37. The average molecular weight is 492 g/mol. The zero-order valence-corrected chi connectivity index (χ0v) is 19.9. The molecule has 1 fully saturated rings. The summed E-state index contributed by atoms with van der Waals surface area (Å²) in [5, 5.41) is 13.1. The molecule has 0 unspecified atom stereocenters. The van der Waals surface area contributed by atoms with E-state index in [0.717, 1.165) is 29.9 Å². The zero-order chi connectivity index (χ0) is 22.9. The predicted molar refractivity (Wildman–Crippen MR) is 133 cm³/mol. The Kier molecular flexibility index (Phi) is 6.84. The van der Waals surface area contributed by atoms with Crippen molar-refractivity contribution in [3.05, 3.63) is 87.0 Å². The molecule has 2 heterocycles. The van der Waals surface area contributed by atoms with Crippen LogP contribution >= 0.6 is 34.8 Å². The summed E-state index contributed by atoms with van der Waals surface area (Å²) in [5.74, 6) is 0.431. The maximum atomic E-state index is 11.2. The summed E-state index contributed by atoms with van der Waals surface area (Å²) in [6, 6.07) is 17.0. The summed E-state index contributed by atoms with van der Waals surface area (Å²) in [6.45, 7) is 4.48. The van der Waals surface area contributed by atoms with E-state index in [1.54, 1.807) is 25.3 Å². The molecule has 0 bridgehead atoms. The molecule has 2 atom stereocenters. The van der Waals surface area contributed by atoms with Gasteiger partial charge in [-0.25, -0.2) is 4.98 Å². The van der Waals surface area contributed by atoms with Gasteiger partial charge in [0.25, 0.3) is 0 Å². The first-order valence-corrected chi connectivity index (χ1v) is 11.5. The van der Waals surface area contributed by atoms with Crippen LogP contribution in [-0.4, -0.2) is 41.2 Å². The molecule has 32 heavy (non-hydrogen) atoms. The highest BCUT2D eigenvalue weighted by atomic mass is 35.5. The lowest BCUT2D eigenvalue weighted by Crippen LogP contribution is -2.52. The van der Waals surface area contributed by atoms with E-state index in [-0.39, 0.29) is 6.04 Å². The van der Waals surface area contributed by atoms with E-state index in [4.69, 9.17) is 40.5 Å². The van der Waals surface area contributed by atoms with Crippen LogP contribution < -0.4 is 10.6 Å². The summed E-state index contributed by atoms with van der Waals surface area (Å²) in [7, 11) is 0. The van der Waals surface area contributed by atoms with Crippen LogP contribution in [0, 0.1) is 0 Å². The largest absolute Gasteiger partial charge is 0.384 e. The van der Waals surface area contributed by atoms with Crippen molar-refractivity contribution in [2.45, 2.75) is 18.6 Å². The van der Waals surface area contributed by atoms with Gasteiger partial charge >= 0.3 is 0 Å². The second-order valence-electron chi connectivity index (χ2n) is 8.34. The van der Waals surface area contributed by atoms with Gasteiger partial charge in [0.2, 0.25) is 0 Å². The molecule has 0 saturated carbocycles. The number of hydrogen-bond acceptors (Lipinski definition) is 5. The minimum atomic E-state index is -1.06. The molecule has 0 aliphatic carbocycles. The van der Waals surface area contributed by atoms with Crippen molar-refractivity contribution in [2.24, 2.45) is 0 Å². The third-order valence-electron chi connectivity index (χ3n) is 5.88. The number of β-amino-alcohol motifs (C(OH)–C–C–N with tert-alkyl or cyclic N) is 1. The van der Waals surface area contributed by atoms with Gasteiger partial charge in [0.15, 0.2) is 0 Å². The molecule has 4 rings (SSSR count). The lowest BCUT2D eigenvalue weighted by atomic mass is 9.95. The monoisotopic (exact) mass is 490 g/mol. The van der Waals surface area contributed by atoms with E-state index in [1.165, 1.54) is 0 Å². The minimum absolute atomic E-state index is 0.0278. The molecule has 5 nitrogen and oxygen atoms in total. The predicted octanol–water partition coefficient (Wildman–Crippen LogP) is 5.40. The molecule has 1 aliphatic rings. The second-order valence-corrected chi connectivity index (χ2v) is 9.62. The van der Waals surface area contributed by atoms with Crippen LogP contribution in [0.1, 0.15) is 24.1 Å². The Balaban J connectivity index is 1.61. The van der Waals surface area contributed by atoms with Crippen molar-refractivity contribution in [1.29, 1.82) is 0 Å². The average Bonchev–Trinajstić information content (AvgIpc) is 2.75. The molecule has 2 aromatic carbocycles. The van der Waals surface area contributed by atoms with Crippen LogP contribution in [0.2, 0.25) is 15.1 Å². The highest BCUT2D eigenvalue weighted by Gasteiger charge is 2.34. The fraction of sp³-hybridized carbons (Fsp3) is 0.292. The summed E-state index contributed by atoms with van der Waals surface area (Å²) < 4.78 is 0. The minimum Gasteiger partial charge on any atom is -0.384 e. The first-order valence-electron chi connectivity index (χ1n) is 10.4. The van der Waals surface area contributed by atoms with Gasteiger partial charge in [-0.05, 0) is 48.9 Å². The molecule has 1 aliphatic heterocycles. The Morgan fingerprint density at radius 2 is 1.75 bits per heavy atom. The molecule has 3 N–H and O–H groups in total. The Hall–Kier alpha value is -2.02. The number of aromatic nitrogens is 1. The van der Waals surface area contributed by atoms with Gasteiger partial charge in [-0.2, -0.15) is 0 Å². The molecule has 8 heteroatoms. The van der Waals surface area contributed by atoms with Gasteiger partial charge in [-0.15, -0.1) is 0 Å². The lowest BCUT2D eigenvalue weighted by molar-refractivity contribution is 0.0100. The van der Waals surface area contributed by atoms with Crippen LogP contribution in [0.25, 0.3) is 0 Å². The van der Waals surface area contributed by atoms with Crippen LogP contribution in [-0.2, 0) is 5.60 Å². The maximum Gasteiger partial charge on any atom is 0.123 e. The van der Waals surface area contributed by atoms with E-state index >= 15 is 0 Å². The number of pyridine rings is 1. The van der Waals surface area contributed by atoms with E-state index in [2.05, 4.69) is 14.8 Å². The lowest BCUT2D eigenvalue weighted by Gasteiger charge is -2.45. The summed E-state index contributed by atoms with van der Waals surface area (Å²) >= 11 is 18.8. The van der Waals surface area contributed by atoms with Crippen molar-refractivity contribution < 1.29 is 5.11 Å². The third kappa shape index (κ3) is 5.13. The van der Waals surface area contributed by atoms with Gasteiger partial charge < -0.3 is 15.7 Å². The molecule has 1 saturated heterocycles. The SMILES string of the molecule is C[C@@](O)(CN1CCN(c2ccc(Cl)cc2Cl)[C@H](c2ccc(Cl)cc2)C1)c1ccc(N)nc1. The Bertz CT molecular complexity index is 1070. The Labute approximate surface area is 203 Å². The van der Waals surface area contributed by atoms with Crippen molar-refractivity contribution in [3.63, 3.8) is 0 Å². The summed E-state index contributed by atoms with van der Waals surface area (Å²) in [4.78, 5) is 8.68. The molecule has 3 aromatic rings. The van der Waals surface area contributed by atoms with Gasteiger partial charge in [0.1, 0.15) is 11.4 Å². The Morgan fingerprint density at radius 1 is 1.03 bits per heavy atom. The number of rotatable bonds is 5. The molecule has 168 valence electrons. The topological polar surface area (TPSA) is 65.6 Å². The molecule has 0 spiro atoms. The number of aliphatic hydroxyl groups is 1. The number of benzene rings is 2. The van der Waals surface area contributed by atoms with E-state index < -0.39 is 5.60 Å². The second kappa shape index (κ2) is 9.46. The normalized spacial score (nSPS) is 19.0. The fourth-order valence-corrected chi connectivity index (χ4v) is 4.85. The number of nitrogens with two attached hydrogens (primary N) is 1. The summed E-state index contributed by atoms with van der Waals surface area (Å²) in [5.41, 5.74) is 7.43. The number of anilines is 2. The quantitative estimate of drug-likeness (QED) is 0.500. The highest BCUT2D eigenvalue weighted by molar-refractivity contribution is 6.36. The standard InChI is InChI=1S/C24H25Cl3N4O/c1-24(32,17-4-9-23(28)29-13-17)15-30-10-11-31(21-8-7-19(26)12-20(21)27)22(14-30)16-2-5-18(25)6-3-16/h2-9,12-13,22,32H,10-11,14-15H2,1H3,(H2,28,29)/t22-,24+/m0/s1. The summed E-state index contributed by atoms with van der Waals surface area (Å²) in [6.07, 6.45) is 1.63. The van der Waals surface area contributed by atoms with Crippen molar-refractivity contribution in [1.82, 2.24) is 9.88 Å². The van der Waals surface area contributed by atoms with Crippen molar-refractivity contribution >= 4 is 46.3 Å². The third-order valence-corrected chi connectivity index (χ3v) is 6.67. The number of piperazine rings is 1. The van der Waals surface area contributed by atoms with Gasteiger partial charge in [-0.3, -0.25) is 4.90 Å². The first-order chi connectivity index (χ1) is 15.2. The first kappa shape index (κ1) is 23.1. The van der Waals surface area contributed by atoms with Crippen LogP contribution in [0.15, 0.2) is 60.8 Å². The molecular weight excluding hydrogens is 467 g/mol. The van der Waals surface area contributed by atoms with Crippen molar-refractivity contribution in [2.75, 3.05) is 36.8 Å². The van der Waals surface area contributed by atoms with E-state index in [0.29, 0.717) is 34.0 Å². The number of hydrogen-bond donors (Lipinski definition) is 2. The van der Waals surface area contributed by atoms with E-state index in [9.17, 15) is 5.11 Å². The zero-order valence-electron chi connectivity index (χ0n) is 17.7. The van der Waals surface area contributed by atoms with Gasteiger partial charge in [0.05, 0.1) is 16.8 Å². The number of halogens is 3. The van der Waals surface area contributed by atoms with Gasteiger partial charge in [0, 0.05) is 48.0 Å². The molecule has 1 aromatic heterocycles. The van der Waals surface area contributed by atoms with Crippen LogP contribution in [0.4, 0.5) is 11.5 Å². The fourth-order valence-electron chi connectivity index (χ4n) is 4.21. The smallest absolute Gasteiger partial charge is 0.123 e. The number of nitrogen functional groups attached to an aromatic ring is 1. The number of nitrogens with zero attached hydrogens (tertiary/aromatic N) is 3. The van der Waals surface area contributed by atoms with Crippen LogP contribution in [0.3, 0.4) is 0 Å².